The van der Waals surface area contributed by atoms with Crippen molar-refractivity contribution in [2.45, 2.75) is 38.4 Å². The molecule has 190 valence electrons. The zero-order chi connectivity index (χ0) is 26.7. The summed E-state index contributed by atoms with van der Waals surface area (Å²) in [6.45, 7) is 1.31. The van der Waals surface area contributed by atoms with Gasteiger partial charge in [0.1, 0.15) is 11.5 Å². The maximum absolute atomic E-state index is 15.0. The molecule has 0 spiro atoms. The molecule has 1 heterocycles. The first-order chi connectivity index (χ1) is 16.8. The molecular weight excluding hydrogens is 490 g/mol. The molecule has 2 aromatic carbocycles. The first-order valence-corrected chi connectivity index (χ1v) is 10.6. The molecule has 0 unspecified atom stereocenters. The van der Waals surface area contributed by atoms with Crippen molar-refractivity contribution in [2.75, 3.05) is 0 Å². The summed E-state index contributed by atoms with van der Waals surface area (Å²) in [5.41, 5.74) is -2.81. The number of carboxylic acids is 1. The maximum atomic E-state index is 15.0. The van der Waals surface area contributed by atoms with Crippen molar-refractivity contribution in [2.24, 2.45) is 0 Å². The molecule has 0 saturated heterocycles. The fourth-order valence-electron chi connectivity index (χ4n) is 3.54. The molecule has 3 rings (SSSR count). The van der Waals surface area contributed by atoms with Crippen LogP contribution in [0.4, 0.5) is 26.3 Å². The number of nitrogens with one attached hydrogen (secondary N) is 1. The minimum Gasteiger partial charge on any atom is -0.478 e. The minimum atomic E-state index is -4.93. The van der Waals surface area contributed by atoms with Crippen molar-refractivity contribution in [3.8, 4) is 0 Å². The maximum Gasteiger partial charge on any atom is 0.416 e. The third-order valence-corrected chi connectivity index (χ3v) is 5.32. The van der Waals surface area contributed by atoms with E-state index in [-0.39, 0.29) is 17.9 Å². The summed E-state index contributed by atoms with van der Waals surface area (Å²) in [6.07, 6.45) is -6.67. The van der Waals surface area contributed by atoms with Crippen molar-refractivity contribution < 1.29 is 41.0 Å². The van der Waals surface area contributed by atoms with Crippen LogP contribution in [-0.2, 0) is 25.1 Å². The molecule has 1 amide bonds. The number of aromatic nitrogens is 1. The van der Waals surface area contributed by atoms with Gasteiger partial charge in [-0.05, 0) is 60.9 Å². The van der Waals surface area contributed by atoms with E-state index in [0.717, 1.165) is 24.3 Å². The molecule has 3 aromatic rings. The second kappa shape index (κ2) is 10.4. The molecule has 2 N–H and O–H groups in total. The number of aryl methyl sites for hydroxylation is 2. The Balaban J connectivity index is 1.79. The summed E-state index contributed by atoms with van der Waals surface area (Å²) in [5.74, 6) is -6.50. The van der Waals surface area contributed by atoms with Crippen molar-refractivity contribution in [3.63, 3.8) is 0 Å². The van der Waals surface area contributed by atoms with Gasteiger partial charge in [-0.25, -0.2) is 22.9 Å². The Labute approximate surface area is 201 Å². The molecule has 0 aliphatic carbocycles. The van der Waals surface area contributed by atoms with E-state index >= 15 is 8.78 Å². The third-order valence-electron chi connectivity index (χ3n) is 5.32. The van der Waals surface area contributed by atoms with E-state index in [2.05, 4.69) is 10.3 Å². The van der Waals surface area contributed by atoms with Gasteiger partial charge in [0, 0.05) is 24.2 Å². The first kappa shape index (κ1) is 26.7. The number of carbonyl (C=O) groups is 2. The number of halogens is 6. The zero-order valence-corrected chi connectivity index (χ0v) is 18.8. The average Bonchev–Trinajstić information content (AvgIpc) is 2.80. The van der Waals surface area contributed by atoms with E-state index in [9.17, 15) is 27.2 Å². The van der Waals surface area contributed by atoms with Crippen molar-refractivity contribution in [3.05, 3.63) is 99.6 Å². The first-order valence-electron chi connectivity index (χ1n) is 10.6. The average molecular weight is 510 g/mol. The molecule has 0 fully saturated rings. The van der Waals surface area contributed by atoms with Gasteiger partial charge in [-0.15, -0.1) is 0 Å². The van der Waals surface area contributed by atoms with Crippen LogP contribution in [0.3, 0.4) is 0 Å². The number of hydrogen-bond donors (Lipinski definition) is 2. The Bertz CT molecular complexity index is 1290. The summed E-state index contributed by atoms with van der Waals surface area (Å²) < 4.78 is 83.5. The second-order valence-electron chi connectivity index (χ2n) is 8.07. The highest BCUT2D eigenvalue weighted by molar-refractivity contribution is 5.92. The number of carboxylic acid groups (broad SMARTS) is 1. The standard InChI is InChI=1S/C25H20F6N2O3/c1-14-9-18(12-21(33-14)22(34)32-13-15-3-2-4-19(26)10-15)24(27,28)8-7-16-5-6-17(23(35)36)11-20(16)25(29,30)31/h2-6,9-12H,7-8,13H2,1H3,(H,32,34)(H,35,36). The van der Waals surface area contributed by atoms with E-state index in [1.54, 1.807) is 6.07 Å². The summed E-state index contributed by atoms with van der Waals surface area (Å²) in [4.78, 5) is 27.4. The Kier molecular flexibility index (Phi) is 7.71. The van der Waals surface area contributed by atoms with Gasteiger partial charge in [0.05, 0.1) is 11.1 Å². The molecule has 5 nitrogen and oxygen atoms in total. The molecule has 0 atom stereocenters. The Morgan fingerprint density at radius 1 is 1.00 bits per heavy atom. The molecule has 0 radical (unpaired) electrons. The quantitative estimate of drug-likeness (QED) is 0.370. The highest BCUT2D eigenvalue weighted by Crippen LogP contribution is 2.37. The SMILES string of the molecule is Cc1cc(C(F)(F)CCc2ccc(C(=O)O)cc2C(F)(F)F)cc(C(=O)NCc2cccc(F)c2)n1. The lowest BCUT2D eigenvalue weighted by atomic mass is 9.95. The molecule has 0 bridgehead atoms. The molecule has 11 heteroatoms. The molecular formula is C25H20F6N2O3. The van der Waals surface area contributed by atoms with Gasteiger partial charge < -0.3 is 10.4 Å². The van der Waals surface area contributed by atoms with Crippen molar-refractivity contribution in [1.29, 1.82) is 0 Å². The van der Waals surface area contributed by atoms with E-state index in [1.165, 1.54) is 25.1 Å². The lowest BCUT2D eigenvalue weighted by molar-refractivity contribution is -0.138. The lowest BCUT2D eigenvalue weighted by Crippen LogP contribution is -2.25. The van der Waals surface area contributed by atoms with Gasteiger partial charge in [0.2, 0.25) is 0 Å². The predicted octanol–water partition coefficient (Wildman–Crippen LogP) is 5.90. The summed E-state index contributed by atoms with van der Waals surface area (Å²) >= 11 is 0. The van der Waals surface area contributed by atoms with Gasteiger partial charge >= 0.3 is 12.1 Å². The Hall–Kier alpha value is -3.89. The summed E-state index contributed by atoms with van der Waals surface area (Å²) in [7, 11) is 0. The van der Waals surface area contributed by atoms with Crippen molar-refractivity contribution in [1.82, 2.24) is 10.3 Å². The fraction of sp³-hybridized carbons (Fsp3) is 0.240. The van der Waals surface area contributed by atoms with Crippen LogP contribution in [0, 0.1) is 12.7 Å². The number of carbonyl (C=O) groups excluding carboxylic acids is 1. The van der Waals surface area contributed by atoms with Crippen LogP contribution in [0.15, 0.2) is 54.6 Å². The van der Waals surface area contributed by atoms with Gasteiger partial charge in [-0.2, -0.15) is 13.2 Å². The number of hydrogen-bond acceptors (Lipinski definition) is 3. The van der Waals surface area contributed by atoms with E-state index in [1.807, 2.05) is 0 Å². The van der Waals surface area contributed by atoms with Crippen LogP contribution >= 0.6 is 0 Å². The van der Waals surface area contributed by atoms with Crippen LogP contribution in [0.25, 0.3) is 0 Å². The number of nitrogens with zero attached hydrogens (tertiary/aromatic N) is 1. The highest BCUT2D eigenvalue weighted by atomic mass is 19.4. The van der Waals surface area contributed by atoms with Gasteiger partial charge in [0.25, 0.3) is 11.8 Å². The zero-order valence-electron chi connectivity index (χ0n) is 18.8. The van der Waals surface area contributed by atoms with Crippen LogP contribution in [0.1, 0.15) is 55.2 Å². The van der Waals surface area contributed by atoms with E-state index in [0.29, 0.717) is 11.6 Å². The van der Waals surface area contributed by atoms with E-state index < -0.39 is 64.9 Å². The molecule has 0 saturated carbocycles. The van der Waals surface area contributed by atoms with Crippen LogP contribution in [0.2, 0.25) is 0 Å². The van der Waals surface area contributed by atoms with E-state index in [4.69, 9.17) is 5.11 Å². The van der Waals surface area contributed by atoms with Crippen molar-refractivity contribution >= 4 is 11.9 Å². The Morgan fingerprint density at radius 2 is 1.72 bits per heavy atom. The topological polar surface area (TPSA) is 79.3 Å². The molecule has 1 aromatic heterocycles. The Morgan fingerprint density at radius 3 is 2.36 bits per heavy atom. The summed E-state index contributed by atoms with van der Waals surface area (Å²) in [6, 6.07) is 9.50. The van der Waals surface area contributed by atoms with Gasteiger partial charge in [-0.1, -0.05) is 18.2 Å². The number of amides is 1. The highest BCUT2D eigenvalue weighted by Gasteiger charge is 2.37. The predicted molar refractivity (Wildman–Crippen MR) is 117 cm³/mol. The molecule has 0 aliphatic rings. The van der Waals surface area contributed by atoms with Gasteiger partial charge in [-0.3, -0.25) is 4.79 Å². The fourth-order valence-corrected chi connectivity index (χ4v) is 3.54. The van der Waals surface area contributed by atoms with Crippen LogP contribution in [-0.4, -0.2) is 22.0 Å². The number of pyridine rings is 1. The number of aromatic carboxylic acids is 1. The van der Waals surface area contributed by atoms with Gasteiger partial charge in [0.15, 0.2) is 0 Å². The number of alkyl halides is 5. The smallest absolute Gasteiger partial charge is 0.416 e. The monoisotopic (exact) mass is 510 g/mol. The largest absolute Gasteiger partial charge is 0.478 e. The number of benzene rings is 2. The normalized spacial score (nSPS) is 11.9. The summed E-state index contributed by atoms with van der Waals surface area (Å²) in [5, 5.41) is 11.4. The molecule has 0 aliphatic heterocycles. The van der Waals surface area contributed by atoms with Crippen LogP contribution in [0.5, 0.6) is 0 Å². The molecule has 36 heavy (non-hydrogen) atoms. The third kappa shape index (κ3) is 6.61. The van der Waals surface area contributed by atoms with Crippen LogP contribution < -0.4 is 5.32 Å². The minimum absolute atomic E-state index is 0.0789. The second-order valence-corrected chi connectivity index (χ2v) is 8.07. The number of rotatable bonds is 8. The lowest BCUT2D eigenvalue weighted by Gasteiger charge is -2.20.